The first-order valence-corrected chi connectivity index (χ1v) is 10.1. The molecule has 2 heterocycles. The summed E-state index contributed by atoms with van der Waals surface area (Å²) in [6, 6.07) is 7.04. The molecule has 2 aliphatic rings. The molecule has 1 aromatic carbocycles. The SMILES string of the molecule is CCCCc1ccc2c(c1)[C@H]1C[C@](O)(C[18F])[C@H](CC(C)C)CN1CC2. The summed E-state index contributed by atoms with van der Waals surface area (Å²) < 4.78 is 13.9. The molecule has 0 amide bonds. The van der Waals surface area contributed by atoms with Gasteiger partial charge in [0.1, 0.15) is 6.67 Å². The number of hydrogen-bond donors (Lipinski definition) is 1. The summed E-state index contributed by atoms with van der Waals surface area (Å²) in [5, 5.41) is 11.1. The van der Waals surface area contributed by atoms with Gasteiger partial charge in [-0.15, -0.1) is 0 Å². The maximum atomic E-state index is 13.9. The first-order chi connectivity index (χ1) is 12.0. The quantitative estimate of drug-likeness (QED) is 0.807. The van der Waals surface area contributed by atoms with E-state index in [2.05, 4.69) is 43.9 Å². The van der Waals surface area contributed by atoms with Crippen molar-refractivity contribution in [2.24, 2.45) is 11.8 Å². The Bertz CT molecular complexity index is 587. The van der Waals surface area contributed by atoms with E-state index >= 15 is 0 Å². The van der Waals surface area contributed by atoms with E-state index in [1.807, 2.05) is 0 Å². The molecule has 1 saturated heterocycles. The van der Waals surface area contributed by atoms with Gasteiger partial charge in [0.15, 0.2) is 0 Å². The lowest BCUT2D eigenvalue weighted by atomic mass is 9.71. The maximum absolute atomic E-state index is 13.9. The molecule has 3 atom stereocenters. The molecule has 0 radical (unpaired) electrons. The average Bonchev–Trinajstić information content (AvgIpc) is 2.60. The fourth-order valence-electron chi connectivity index (χ4n) is 4.77. The predicted molar refractivity (Wildman–Crippen MR) is 102 cm³/mol. The molecule has 0 bridgehead atoms. The molecule has 1 aromatic rings. The Balaban J connectivity index is 1.86. The number of rotatable bonds is 6. The molecule has 3 rings (SSSR count). The van der Waals surface area contributed by atoms with Crippen LogP contribution in [-0.4, -0.2) is 35.4 Å². The van der Waals surface area contributed by atoms with Crippen LogP contribution in [-0.2, 0) is 12.8 Å². The Morgan fingerprint density at radius 3 is 2.84 bits per heavy atom. The van der Waals surface area contributed by atoms with Crippen molar-refractivity contribution < 1.29 is 9.50 Å². The highest BCUT2D eigenvalue weighted by Gasteiger charge is 2.47. The van der Waals surface area contributed by atoms with E-state index in [-0.39, 0.29) is 12.0 Å². The van der Waals surface area contributed by atoms with E-state index in [0.717, 1.165) is 32.4 Å². The second-order valence-corrected chi connectivity index (χ2v) is 8.67. The number of benzene rings is 1. The highest BCUT2D eigenvalue weighted by molar-refractivity contribution is 5.37. The van der Waals surface area contributed by atoms with Gasteiger partial charge in [-0.05, 0) is 54.7 Å². The van der Waals surface area contributed by atoms with Crippen LogP contribution in [0.3, 0.4) is 0 Å². The van der Waals surface area contributed by atoms with Gasteiger partial charge >= 0.3 is 0 Å². The van der Waals surface area contributed by atoms with E-state index in [9.17, 15) is 9.50 Å². The fraction of sp³-hybridized carbons (Fsp3) is 0.727. The highest BCUT2D eigenvalue weighted by atomic mass is 18.2. The zero-order valence-electron chi connectivity index (χ0n) is 16.1. The zero-order valence-corrected chi connectivity index (χ0v) is 16.1. The first kappa shape index (κ1) is 18.8. The molecular formula is C22H34FNO. The van der Waals surface area contributed by atoms with Gasteiger partial charge in [-0.2, -0.15) is 0 Å². The summed E-state index contributed by atoms with van der Waals surface area (Å²) in [4.78, 5) is 2.50. The fourth-order valence-corrected chi connectivity index (χ4v) is 4.77. The van der Waals surface area contributed by atoms with Gasteiger partial charge < -0.3 is 5.11 Å². The Kier molecular flexibility index (Phi) is 5.85. The topological polar surface area (TPSA) is 23.5 Å². The normalized spacial score (nSPS) is 29.5. The molecule has 140 valence electrons. The number of nitrogens with zero attached hydrogens (tertiary/aromatic N) is 1. The van der Waals surface area contributed by atoms with Gasteiger partial charge in [-0.3, -0.25) is 4.90 Å². The van der Waals surface area contributed by atoms with Crippen LogP contribution in [0.2, 0.25) is 0 Å². The average molecular weight is 347 g/mol. The first-order valence-electron chi connectivity index (χ1n) is 10.1. The predicted octanol–water partition coefficient (Wildman–Crippen LogP) is 4.70. The lowest BCUT2D eigenvalue weighted by Gasteiger charge is -2.51. The maximum Gasteiger partial charge on any atom is 0.118 e. The van der Waals surface area contributed by atoms with Crippen LogP contribution in [0.1, 0.15) is 69.2 Å². The van der Waals surface area contributed by atoms with Crippen molar-refractivity contribution in [3.63, 3.8) is 0 Å². The van der Waals surface area contributed by atoms with E-state index in [1.54, 1.807) is 0 Å². The van der Waals surface area contributed by atoms with Crippen LogP contribution in [0, 0.1) is 11.8 Å². The standard InChI is InChI=1S/C22H34FNO/c1-4-5-6-17-7-8-18-9-10-24-14-19(11-16(2)3)22(25,15-23)13-21(24)20(18)12-17/h7-8,12,16,19,21,25H,4-6,9-11,13-15H2,1-3H3/t19-,21-,22+/m1/s1/i23-1. The number of fused-ring (bicyclic) bond motifs is 3. The smallest absolute Gasteiger partial charge is 0.118 e. The number of unbranched alkanes of at least 4 members (excludes halogenated alkanes) is 1. The minimum absolute atomic E-state index is 0.0403. The molecule has 0 aliphatic carbocycles. The van der Waals surface area contributed by atoms with Crippen LogP contribution >= 0.6 is 0 Å². The molecule has 0 unspecified atom stereocenters. The summed E-state index contributed by atoms with van der Waals surface area (Å²) in [6.45, 7) is 7.77. The molecule has 0 spiro atoms. The minimum Gasteiger partial charge on any atom is -0.387 e. The molecule has 1 fully saturated rings. The molecule has 2 aliphatic heterocycles. The van der Waals surface area contributed by atoms with Gasteiger partial charge in [0.2, 0.25) is 0 Å². The zero-order chi connectivity index (χ0) is 18.0. The van der Waals surface area contributed by atoms with E-state index in [4.69, 9.17) is 0 Å². The van der Waals surface area contributed by atoms with E-state index in [1.165, 1.54) is 29.5 Å². The third-order valence-corrected chi connectivity index (χ3v) is 6.25. The lowest BCUT2D eigenvalue weighted by molar-refractivity contribution is -0.114. The van der Waals surface area contributed by atoms with Crippen LogP contribution in [0.4, 0.5) is 4.39 Å². The number of hydrogen-bond acceptors (Lipinski definition) is 2. The molecule has 25 heavy (non-hydrogen) atoms. The molecule has 2 nitrogen and oxygen atoms in total. The molecular weight excluding hydrogens is 312 g/mol. The van der Waals surface area contributed by atoms with Gasteiger partial charge in [-0.25, -0.2) is 4.39 Å². The summed E-state index contributed by atoms with van der Waals surface area (Å²) >= 11 is 0. The number of aliphatic hydroxyl groups is 1. The van der Waals surface area contributed by atoms with Crippen molar-refractivity contribution >= 4 is 0 Å². The second-order valence-electron chi connectivity index (χ2n) is 8.67. The van der Waals surface area contributed by atoms with Crippen molar-refractivity contribution in [2.45, 2.75) is 70.9 Å². The summed E-state index contributed by atoms with van der Waals surface area (Å²) in [7, 11) is 0. The van der Waals surface area contributed by atoms with E-state index < -0.39 is 12.3 Å². The summed E-state index contributed by atoms with van der Waals surface area (Å²) in [5.41, 5.74) is 2.95. The Morgan fingerprint density at radius 2 is 2.16 bits per heavy atom. The highest BCUT2D eigenvalue weighted by Crippen LogP contribution is 2.45. The van der Waals surface area contributed by atoms with Gasteiger partial charge in [-0.1, -0.05) is 45.4 Å². The van der Waals surface area contributed by atoms with Crippen LogP contribution < -0.4 is 0 Å². The number of alkyl halides is 1. The largest absolute Gasteiger partial charge is 0.387 e. The summed E-state index contributed by atoms with van der Waals surface area (Å²) in [6.07, 6.45) is 6.02. The van der Waals surface area contributed by atoms with Gasteiger partial charge in [0.25, 0.3) is 0 Å². The van der Waals surface area contributed by atoms with Crippen molar-refractivity contribution in [2.75, 3.05) is 19.8 Å². The minimum atomic E-state index is -1.17. The van der Waals surface area contributed by atoms with Gasteiger partial charge in [0, 0.05) is 25.0 Å². The second kappa shape index (κ2) is 7.75. The lowest BCUT2D eigenvalue weighted by Crippen LogP contribution is -2.56. The molecule has 1 N–H and O–H groups in total. The number of halogens is 1. The number of piperidine rings is 1. The third kappa shape index (κ3) is 3.93. The van der Waals surface area contributed by atoms with Crippen molar-refractivity contribution in [3.05, 3.63) is 34.9 Å². The Hall–Kier alpha value is -0.930. The van der Waals surface area contributed by atoms with Crippen molar-refractivity contribution in [1.29, 1.82) is 0 Å². The Morgan fingerprint density at radius 1 is 1.36 bits per heavy atom. The molecule has 0 aromatic heterocycles. The summed E-state index contributed by atoms with van der Waals surface area (Å²) in [5.74, 6) is 0.524. The van der Waals surface area contributed by atoms with Gasteiger partial charge in [0.05, 0.1) is 5.60 Å². The number of aryl methyl sites for hydroxylation is 1. The molecule has 0 saturated carbocycles. The molecule has 3 heteroatoms. The van der Waals surface area contributed by atoms with Crippen LogP contribution in [0.15, 0.2) is 18.2 Å². The van der Waals surface area contributed by atoms with Crippen molar-refractivity contribution in [3.8, 4) is 0 Å². The van der Waals surface area contributed by atoms with Crippen LogP contribution in [0.5, 0.6) is 0 Å². The van der Waals surface area contributed by atoms with Crippen LogP contribution in [0.25, 0.3) is 0 Å². The van der Waals surface area contributed by atoms with Crippen molar-refractivity contribution in [1.82, 2.24) is 4.90 Å². The third-order valence-electron chi connectivity index (χ3n) is 6.25. The van der Waals surface area contributed by atoms with E-state index in [0.29, 0.717) is 12.3 Å². The Labute approximate surface area is 152 Å². The monoisotopic (exact) mass is 346 g/mol.